The van der Waals surface area contributed by atoms with E-state index < -0.39 is 6.43 Å². The van der Waals surface area contributed by atoms with Gasteiger partial charge in [-0.1, -0.05) is 12.2 Å². The Bertz CT molecular complexity index is 981. The third-order valence-corrected chi connectivity index (χ3v) is 4.88. The first-order valence-electron chi connectivity index (χ1n) is 8.54. The van der Waals surface area contributed by atoms with E-state index >= 15 is 0 Å². The van der Waals surface area contributed by atoms with Gasteiger partial charge in [-0.25, -0.2) is 18.3 Å². The number of nitrogens with zero attached hydrogens (tertiary/aromatic N) is 4. The molecule has 5 nitrogen and oxygen atoms in total. The molecule has 0 saturated heterocycles. The molecular formula is C19H19F2N5. The lowest BCUT2D eigenvalue weighted by Gasteiger charge is -2.14. The SMILES string of the molecule is CNc1ncc2c(C3=CCC4=C(C=C3)N=C(C)C4CC(F)F)ccn2n1. The fraction of sp³-hybridized carbons (Fsp3) is 0.316. The average Bonchev–Trinajstić information content (AvgIpc) is 3.09. The molecule has 1 unspecified atom stereocenters. The molecule has 2 aromatic heterocycles. The van der Waals surface area contributed by atoms with Gasteiger partial charge in [-0.05, 0) is 36.6 Å². The van der Waals surface area contributed by atoms with Gasteiger partial charge in [-0.2, -0.15) is 0 Å². The van der Waals surface area contributed by atoms with Crippen molar-refractivity contribution in [1.29, 1.82) is 0 Å². The molecule has 134 valence electrons. The van der Waals surface area contributed by atoms with E-state index in [9.17, 15) is 8.78 Å². The maximum absolute atomic E-state index is 12.9. The molecule has 1 atom stereocenters. The molecule has 0 amide bonds. The average molecular weight is 355 g/mol. The highest BCUT2D eigenvalue weighted by atomic mass is 19.3. The molecule has 3 heterocycles. The first kappa shape index (κ1) is 16.6. The Morgan fingerprint density at radius 2 is 2.19 bits per heavy atom. The maximum Gasteiger partial charge on any atom is 0.240 e. The molecular weight excluding hydrogens is 336 g/mol. The lowest BCUT2D eigenvalue weighted by atomic mass is 9.90. The van der Waals surface area contributed by atoms with Crippen LogP contribution in [0.4, 0.5) is 14.7 Å². The largest absolute Gasteiger partial charge is 0.356 e. The number of aromatic nitrogens is 3. The lowest BCUT2D eigenvalue weighted by molar-refractivity contribution is 0.130. The van der Waals surface area contributed by atoms with Gasteiger partial charge >= 0.3 is 0 Å². The Kier molecular flexibility index (Phi) is 4.14. The van der Waals surface area contributed by atoms with Crippen LogP contribution >= 0.6 is 0 Å². The highest BCUT2D eigenvalue weighted by Crippen LogP contribution is 2.37. The summed E-state index contributed by atoms with van der Waals surface area (Å²) in [4.78, 5) is 8.79. The number of allylic oxidation sites excluding steroid dienone is 5. The van der Waals surface area contributed by atoms with E-state index in [2.05, 4.69) is 26.5 Å². The summed E-state index contributed by atoms with van der Waals surface area (Å²) in [5, 5.41) is 7.29. The predicted molar refractivity (Wildman–Crippen MR) is 98.5 cm³/mol. The van der Waals surface area contributed by atoms with Crippen LogP contribution in [0.15, 0.2) is 53.0 Å². The third kappa shape index (κ3) is 2.83. The standard InChI is InChI=1S/C19H19F2N5/c1-11-15(9-18(20)21)14-5-3-12(4-6-16(14)24-11)13-7-8-26-17(13)10-23-19(22-2)25-26/h3-4,6-8,10,15,18H,5,9H2,1-2H3,(H,22,25). The zero-order chi connectivity index (χ0) is 18.3. The van der Waals surface area contributed by atoms with Crippen LogP contribution < -0.4 is 5.32 Å². The van der Waals surface area contributed by atoms with Crippen LogP contribution in [0, 0.1) is 5.92 Å². The maximum atomic E-state index is 12.9. The molecule has 7 heteroatoms. The van der Waals surface area contributed by atoms with Crippen LogP contribution in [-0.2, 0) is 0 Å². The van der Waals surface area contributed by atoms with Gasteiger partial charge < -0.3 is 5.32 Å². The molecule has 1 aliphatic carbocycles. The van der Waals surface area contributed by atoms with Gasteiger partial charge in [0.1, 0.15) is 0 Å². The van der Waals surface area contributed by atoms with Crippen LogP contribution in [0.2, 0.25) is 0 Å². The number of fused-ring (bicyclic) bond motifs is 1. The summed E-state index contributed by atoms with van der Waals surface area (Å²) in [6.07, 6.45) is 7.77. The van der Waals surface area contributed by atoms with Gasteiger partial charge in [-0.15, -0.1) is 5.10 Å². The first-order valence-corrected chi connectivity index (χ1v) is 8.54. The van der Waals surface area contributed by atoms with Gasteiger partial charge in [0.05, 0.1) is 17.4 Å². The Balaban J connectivity index is 1.67. The number of halogens is 2. The second kappa shape index (κ2) is 6.48. The quantitative estimate of drug-likeness (QED) is 0.898. The van der Waals surface area contributed by atoms with Crippen LogP contribution in [0.3, 0.4) is 0 Å². The molecule has 2 aromatic rings. The second-order valence-electron chi connectivity index (χ2n) is 6.43. The minimum absolute atomic E-state index is 0.166. The number of nitrogens with one attached hydrogen (secondary N) is 1. The summed E-state index contributed by atoms with van der Waals surface area (Å²) in [7, 11) is 1.77. The summed E-state index contributed by atoms with van der Waals surface area (Å²) in [5.41, 5.74) is 5.50. The van der Waals surface area contributed by atoms with Crippen molar-refractivity contribution in [2.24, 2.45) is 10.9 Å². The lowest BCUT2D eigenvalue weighted by Crippen LogP contribution is -2.14. The summed E-state index contributed by atoms with van der Waals surface area (Å²) in [5.74, 6) is 0.280. The van der Waals surface area contributed by atoms with Crippen molar-refractivity contribution in [3.8, 4) is 0 Å². The summed E-state index contributed by atoms with van der Waals surface area (Å²) in [6, 6.07) is 1.99. The second-order valence-corrected chi connectivity index (χ2v) is 6.43. The van der Waals surface area contributed by atoms with Gasteiger partial charge in [0.2, 0.25) is 12.4 Å². The van der Waals surface area contributed by atoms with Crippen molar-refractivity contribution in [2.45, 2.75) is 26.2 Å². The van der Waals surface area contributed by atoms with Crippen molar-refractivity contribution in [2.75, 3.05) is 12.4 Å². The topological polar surface area (TPSA) is 54.6 Å². The van der Waals surface area contributed by atoms with Gasteiger partial charge in [0.25, 0.3) is 0 Å². The number of hydrogen-bond donors (Lipinski definition) is 1. The van der Waals surface area contributed by atoms with Crippen molar-refractivity contribution < 1.29 is 8.78 Å². The molecule has 0 spiro atoms. The van der Waals surface area contributed by atoms with E-state index in [-0.39, 0.29) is 12.3 Å². The molecule has 2 aliphatic rings. The number of rotatable bonds is 4. The fourth-order valence-corrected chi connectivity index (χ4v) is 3.57. The van der Waals surface area contributed by atoms with Crippen molar-refractivity contribution in [1.82, 2.24) is 14.6 Å². The zero-order valence-electron chi connectivity index (χ0n) is 14.6. The van der Waals surface area contributed by atoms with E-state index in [0.717, 1.165) is 33.6 Å². The molecule has 0 bridgehead atoms. The summed E-state index contributed by atoms with van der Waals surface area (Å²) < 4.78 is 27.6. The zero-order valence-corrected chi connectivity index (χ0v) is 14.6. The monoisotopic (exact) mass is 355 g/mol. The van der Waals surface area contributed by atoms with E-state index in [1.807, 2.05) is 31.3 Å². The highest BCUT2D eigenvalue weighted by Gasteiger charge is 2.29. The molecule has 1 aliphatic heterocycles. The molecule has 26 heavy (non-hydrogen) atoms. The van der Waals surface area contributed by atoms with E-state index in [1.54, 1.807) is 17.8 Å². The highest BCUT2D eigenvalue weighted by molar-refractivity contribution is 5.92. The Labute approximate surface area is 149 Å². The molecule has 0 fully saturated rings. The summed E-state index contributed by atoms with van der Waals surface area (Å²) >= 11 is 0. The van der Waals surface area contributed by atoms with Crippen molar-refractivity contribution in [3.05, 3.63) is 53.5 Å². The van der Waals surface area contributed by atoms with Crippen LogP contribution in [0.1, 0.15) is 25.3 Å². The molecule has 0 radical (unpaired) electrons. The van der Waals surface area contributed by atoms with Gasteiger partial charge in [0.15, 0.2) is 0 Å². The number of anilines is 1. The Morgan fingerprint density at radius 1 is 1.35 bits per heavy atom. The van der Waals surface area contributed by atoms with Crippen molar-refractivity contribution >= 4 is 22.7 Å². The number of hydrogen-bond acceptors (Lipinski definition) is 4. The van der Waals surface area contributed by atoms with Crippen LogP contribution in [0.25, 0.3) is 11.1 Å². The van der Waals surface area contributed by atoms with Crippen molar-refractivity contribution in [3.63, 3.8) is 0 Å². The number of alkyl halides is 2. The Morgan fingerprint density at radius 3 is 2.96 bits per heavy atom. The molecule has 4 rings (SSSR count). The molecule has 0 saturated carbocycles. The minimum Gasteiger partial charge on any atom is -0.356 e. The third-order valence-electron chi connectivity index (χ3n) is 4.88. The van der Waals surface area contributed by atoms with E-state index in [0.29, 0.717) is 12.4 Å². The van der Waals surface area contributed by atoms with Crippen LogP contribution in [0.5, 0.6) is 0 Å². The smallest absolute Gasteiger partial charge is 0.240 e. The number of aliphatic imine (C=N–C) groups is 1. The Hall–Kier alpha value is -2.83. The normalized spacial score (nSPS) is 19.7. The molecule has 0 aromatic carbocycles. The van der Waals surface area contributed by atoms with Gasteiger partial charge in [0, 0.05) is 36.9 Å². The fourth-order valence-electron chi connectivity index (χ4n) is 3.57. The predicted octanol–water partition coefficient (Wildman–Crippen LogP) is 4.11. The minimum atomic E-state index is -2.33. The van der Waals surface area contributed by atoms with E-state index in [1.165, 1.54) is 0 Å². The first-order chi connectivity index (χ1) is 12.6. The van der Waals surface area contributed by atoms with Gasteiger partial charge in [-0.3, -0.25) is 4.99 Å². The van der Waals surface area contributed by atoms with Crippen LogP contribution in [-0.4, -0.2) is 33.8 Å². The van der Waals surface area contributed by atoms with E-state index in [4.69, 9.17) is 0 Å². The molecule has 1 N–H and O–H groups in total. The summed E-state index contributed by atoms with van der Waals surface area (Å²) in [6.45, 7) is 1.83.